The molecule has 2 heterocycles. The maximum absolute atomic E-state index is 13.1. The number of fused-ring (bicyclic) bond motifs is 1. The lowest BCUT2D eigenvalue weighted by Gasteiger charge is -2.32. The van der Waals surface area contributed by atoms with E-state index in [0.717, 1.165) is 32.4 Å². The average Bonchev–Trinajstić information content (AvgIpc) is 2.71. The number of hydrogen-bond donors (Lipinski definition) is 0. The van der Waals surface area contributed by atoms with Gasteiger partial charge in [-0.05, 0) is 36.8 Å². The highest BCUT2D eigenvalue weighted by Gasteiger charge is 2.26. The molecule has 0 spiro atoms. The minimum atomic E-state index is -0.177. The van der Waals surface area contributed by atoms with E-state index in [-0.39, 0.29) is 11.5 Å². The van der Waals surface area contributed by atoms with Crippen molar-refractivity contribution in [2.24, 2.45) is 13.0 Å². The van der Waals surface area contributed by atoms with Crippen LogP contribution in [0.15, 0.2) is 59.4 Å². The Labute approximate surface area is 158 Å². The molecule has 1 aliphatic rings. The van der Waals surface area contributed by atoms with Crippen molar-refractivity contribution in [3.8, 4) is 0 Å². The van der Waals surface area contributed by atoms with Crippen LogP contribution in [-0.4, -0.2) is 33.7 Å². The number of aromatic nitrogens is 2. The number of piperidine rings is 1. The first-order valence-corrected chi connectivity index (χ1v) is 9.43. The van der Waals surface area contributed by atoms with E-state index in [1.807, 2.05) is 23.1 Å². The van der Waals surface area contributed by atoms with Crippen molar-refractivity contribution in [1.29, 1.82) is 0 Å². The summed E-state index contributed by atoms with van der Waals surface area (Å²) < 4.78 is 1.26. The van der Waals surface area contributed by atoms with Crippen molar-refractivity contribution in [3.63, 3.8) is 0 Å². The Morgan fingerprint density at radius 3 is 2.33 bits per heavy atom. The van der Waals surface area contributed by atoms with Gasteiger partial charge in [-0.25, -0.2) is 4.68 Å². The van der Waals surface area contributed by atoms with Crippen LogP contribution in [0.5, 0.6) is 0 Å². The van der Waals surface area contributed by atoms with Gasteiger partial charge in [-0.3, -0.25) is 9.59 Å². The highest BCUT2D eigenvalue weighted by molar-refractivity contribution is 6.04. The van der Waals surface area contributed by atoms with Crippen LogP contribution in [0.2, 0.25) is 0 Å². The molecule has 1 aromatic heterocycles. The van der Waals surface area contributed by atoms with Crippen LogP contribution in [-0.2, 0) is 13.5 Å². The summed E-state index contributed by atoms with van der Waals surface area (Å²) in [6.07, 6.45) is 3.04. The zero-order chi connectivity index (χ0) is 18.8. The zero-order valence-corrected chi connectivity index (χ0v) is 15.5. The number of rotatable bonds is 3. The van der Waals surface area contributed by atoms with E-state index in [0.29, 0.717) is 22.4 Å². The van der Waals surface area contributed by atoms with E-state index in [1.165, 1.54) is 10.2 Å². The third-order valence-corrected chi connectivity index (χ3v) is 5.43. The second-order valence-electron chi connectivity index (χ2n) is 7.25. The smallest absolute Gasteiger partial charge is 0.274 e. The lowest BCUT2D eigenvalue weighted by Crippen LogP contribution is -2.40. The topological polar surface area (TPSA) is 55.2 Å². The Balaban J connectivity index is 1.51. The Morgan fingerprint density at radius 1 is 1.00 bits per heavy atom. The average molecular weight is 361 g/mol. The molecule has 1 amide bonds. The molecule has 1 fully saturated rings. The van der Waals surface area contributed by atoms with Crippen molar-refractivity contribution in [2.75, 3.05) is 13.1 Å². The van der Waals surface area contributed by atoms with Gasteiger partial charge in [0.15, 0.2) is 5.69 Å². The van der Waals surface area contributed by atoms with Crippen molar-refractivity contribution < 1.29 is 4.79 Å². The van der Waals surface area contributed by atoms with Gasteiger partial charge in [0.25, 0.3) is 11.5 Å². The molecule has 138 valence electrons. The van der Waals surface area contributed by atoms with Crippen LogP contribution in [0.1, 0.15) is 28.9 Å². The third-order valence-electron chi connectivity index (χ3n) is 5.43. The molecule has 3 aromatic rings. The maximum atomic E-state index is 13.1. The molecule has 0 bridgehead atoms. The Hall–Kier alpha value is -2.95. The first-order chi connectivity index (χ1) is 13.1. The molecule has 0 atom stereocenters. The van der Waals surface area contributed by atoms with E-state index < -0.39 is 0 Å². The van der Waals surface area contributed by atoms with E-state index in [4.69, 9.17) is 0 Å². The van der Waals surface area contributed by atoms with Crippen LogP contribution < -0.4 is 5.56 Å². The van der Waals surface area contributed by atoms with Crippen LogP contribution in [0.4, 0.5) is 0 Å². The van der Waals surface area contributed by atoms with E-state index in [9.17, 15) is 9.59 Å². The first-order valence-electron chi connectivity index (χ1n) is 9.43. The quantitative estimate of drug-likeness (QED) is 0.721. The second-order valence-corrected chi connectivity index (χ2v) is 7.25. The van der Waals surface area contributed by atoms with Crippen molar-refractivity contribution >= 4 is 16.7 Å². The Kier molecular flexibility index (Phi) is 4.75. The molecule has 0 unspecified atom stereocenters. The molecule has 0 N–H and O–H groups in total. The summed E-state index contributed by atoms with van der Waals surface area (Å²) in [4.78, 5) is 27.2. The van der Waals surface area contributed by atoms with E-state index in [2.05, 4.69) is 29.4 Å². The summed E-state index contributed by atoms with van der Waals surface area (Å²) in [6.45, 7) is 1.46. The predicted octanol–water partition coefficient (Wildman–Crippen LogP) is 3.03. The largest absolute Gasteiger partial charge is 0.337 e. The summed E-state index contributed by atoms with van der Waals surface area (Å²) in [6, 6.07) is 17.7. The van der Waals surface area contributed by atoms with E-state index >= 15 is 0 Å². The van der Waals surface area contributed by atoms with Gasteiger partial charge >= 0.3 is 0 Å². The predicted molar refractivity (Wildman–Crippen MR) is 106 cm³/mol. The fourth-order valence-electron chi connectivity index (χ4n) is 3.90. The molecule has 0 aliphatic carbocycles. The van der Waals surface area contributed by atoms with Crippen LogP contribution >= 0.6 is 0 Å². The first kappa shape index (κ1) is 17.5. The SMILES string of the molecule is Cn1nc(C(=O)N2CCC(Cc3ccccc3)CC2)c2ccccc2c1=O. The van der Waals surface area contributed by atoms with Gasteiger partial charge in [0.1, 0.15) is 0 Å². The fourth-order valence-corrected chi connectivity index (χ4v) is 3.90. The molecule has 5 nitrogen and oxygen atoms in total. The van der Waals surface area contributed by atoms with Gasteiger partial charge in [-0.2, -0.15) is 5.10 Å². The number of hydrogen-bond acceptors (Lipinski definition) is 3. The molecule has 4 rings (SSSR count). The van der Waals surface area contributed by atoms with Gasteiger partial charge in [0.2, 0.25) is 0 Å². The standard InChI is InChI=1S/C22H23N3O2/c1-24-21(26)19-10-6-5-9-18(19)20(23-24)22(27)25-13-11-17(12-14-25)15-16-7-3-2-4-8-16/h2-10,17H,11-15H2,1H3. The highest BCUT2D eigenvalue weighted by atomic mass is 16.2. The Bertz CT molecular complexity index is 1020. The lowest BCUT2D eigenvalue weighted by atomic mass is 9.90. The minimum Gasteiger partial charge on any atom is -0.337 e. The number of likely N-dealkylation sites (tertiary alicyclic amines) is 1. The minimum absolute atomic E-state index is 0.0834. The van der Waals surface area contributed by atoms with Crippen molar-refractivity contribution in [1.82, 2.24) is 14.7 Å². The van der Waals surface area contributed by atoms with Gasteiger partial charge in [-0.15, -0.1) is 0 Å². The number of carbonyl (C=O) groups is 1. The maximum Gasteiger partial charge on any atom is 0.274 e. The van der Waals surface area contributed by atoms with Gasteiger partial charge in [0, 0.05) is 25.5 Å². The molecule has 0 radical (unpaired) electrons. The molecule has 27 heavy (non-hydrogen) atoms. The van der Waals surface area contributed by atoms with Crippen LogP contribution in [0.25, 0.3) is 10.8 Å². The second kappa shape index (κ2) is 7.35. The van der Waals surface area contributed by atoms with Gasteiger partial charge in [0.05, 0.1) is 5.39 Å². The highest BCUT2D eigenvalue weighted by Crippen LogP contribution is 2.24. The molecular formula is C22H23N3O2. The van der Waals surface area contributed by atoms with Crippen LogP contribution in [0.3, 0.4) is 0 Å². The van der Waals surface area contributed by atoms with Gasteiger partial charge in [-0.1, -0.05) is 48.5 Å². The summed E-state index contributed by atoms with van der Waals surface area (Å²) in [5.74, 6) is 0.515. The monoisotopic (exact) mass is 361 g/mol. The van der Waals surface area contributed by atoms with Gasteiger partial charge < -0.3 is 4.90 Å². The molecule has 0 saturated carbocycles. The van der Waals surface area contributed by atoms with E-state index in [1.54, 1.807) is 19.2 Å². The molecule has 1 saturated heterocycles. The Morgan fingerprint density at radius 2 is 1.63 bits per heavy atom. The molecule has 2 aromatic carbocycles. The van der Waals surface area contributed by atoms with Crippen LogP contribution in [0, 0.1) is 5.92 Å². The molecule has 1 aliphatic heterocycles. The summed E-state index contributed by atoms with van der Waals surface area (Å²) in [5.41, 5.74) is 1.55. The summed E-state index contributed by atoms with van der Waals surface area (Å²) in [7, 11) is 1.59. The number of benzene rings is 2. The molecule has 5 heteroatoms. The molecular weight excluding hydrogens is 338 g/mol. The lowest BCUT2D eigenvalue weighted by molar-refractivity contribution is 0.0684. The number of nitrogens with zero attached hydrogens (tertiary/aromatic N) is 3. The third kappa shape index (κ3) is 3.50. The van der Waals surface area contributed by atoms with Crippen molar-refractivity contribution in [3.05, 3.63) is 76.2 Å². The number of carbonyl (C=O) groups excluding carboxylic acids is 1. The summed E-state index contributed by atoms with van der Waals surface area (Å²) >= 11 is 0. The normalized spacial score (nSPS) is 15.2. The fraction of sp³-hybridized carbons (Fsp3) is 0.318. The van der Waals surface area contributed by atoms with Crippen molar-refractivity contribution in [2.45, 2.75) is 19.3 Å². The summed E-state index contributed by atoms with van der Waals surface area (Å²) in [5, 5.41) is 5.45. The number of aryl methyl sites for hydroxylation is 1. The zero-order valence-electron chi connectivity index (χ0n) is 15.5. The number of amides is 1.